The number of fused-ring (bicyclic) bond motifs is 1. The SMILES string of the molecule is Cc1nc2cccc(Br)c2nc1N[C@H](C)CNC(=O)OC(C)(C)C. The third kappa shape index (κ3) is 5.06. The van der Waals surface area contributed by atoms with E-state index in [1.54, 1.807) is 0 Å². The summed E-state index contributed by atoms with van der Waals surface area (Å²) in [6.07, 6.45) is -0.430. The number of carbonyl (C=O) groups is 1. The Kier molecular flexibility index (Phi) is 5.64. The molecule has 130 valence electrons. The van der Waals surface area contributed by atoms with E-state index in [0.29, 0.717) is 12.4 Å². The minimum Gasteiger partial charge on any atom is -0.444 e. The summed E-state index contributed by atoms with van der Waals surface area (Å²) in [5, 5.41) is 6.03. The average molecular weight is 395 g/mol. The van der Waals surface area contributed by atoms with Crippen molar-refractivity contribution in [3.8, 4) is 0 Å². The first-order valence-corrected chi connectivity index (χ1v) is 8.61. The van der Waals surface area contributed by atoms with Crippen LogP contribution in [0.1, 0.15) is 33.4 Å². The molecule has 2 aromatic rings. The molecule has 0 unspecified atom stereocenters. The van der Waals surface area contributed by atoms with Crippen LogP contribution in [0.25, 0.3) is 11.0 Å². The highest BCUT2D eigenvalue weighted by molar-refractivity contribution is 9.10. The zero-order chi connectivity index (χ0) is 17.9. The molecule has 2 rings (SSSR count). The van der Waals surface area contributed by atoms with Crippen molar-refractivity contribution in [2.75, 3.05) is 11.9 Å². The van der Waals surface area contributed by atoms with Crippen molar-refractivity contribution >= 4 is 38.9 Å². The van der Waals surface area contributed by atoms with Gasteiger partial charge in [-0.15, -0.1) is 0 Å². The van der Waals surface area contributed by atoms with Gasteiger partial charge in [0.25, 0.3) is 0 Å². The molecule has 24 heavy (non-hydrogen) atoms. The van der Waals surface area contributed by atoms with E-state index >= 15 is 0 Å². The maximum Gasteiger partial charge on any atom is 0.407 e. The highest BCUT2D eigenvalue weighted by atomic mass is 79.9. The van der Waals surface area contributed by atoms with Crippen LogP contribution in [0.15, 0.2) is 22.7 Å². The predicted molar refractivity (Wildman–Crippen MR) is 99.3 cm³/mol. The van der Waals surface area contributed by atoms with Gasteiger partial charge in [-0.1, -0.05) is 6.07 Å². The summed E-state index contributed by atoms with van der Waals surface area (Å²) in [6, 6.07) is 5.77. The number of hydrogen-bond acceptors (Lipinski definition) is 5. The maximum absolute atomic E-state index is 11.7. The highest BCUT2D eigenvalue weighted by Crippen LogP contribution is 2.23. The van der Waals surface area contributed by atoms with Crippen molar-refractivity contribution < 1.29 is 9.53 Å². The smallest absolute Gasteiger partial charge is 0.407 e. The normalized spacial score (nSPS) is 12.8. The lowest BCUT2D eigenvalue weighted by Gasteiger charge is -2.21. The summed E-state index contributed by atoms with van der Waals surface area (Å²) in [4.78, 5) is 20.9. The number of halogens is 1. The highest BCUT2D eigenvalue weighted by Gasteiger charge is 2.17. The monoisotopic (exact) mass is 394 g/mol. The summed E-state index contributed by atoms with van der Waals surface area (Å²) in [5.74, 6) is 0.702. The number of ether oxygens (including phenoxy) is 1. The van der Waals surface area contributed by atoms with Gasteiger partial charge in [0, 0.05) is 17.1 Å². The van der Waals surface area contributed by atoms with E-state index < -0.39 is 11.7 Å². The summed E-state index contributed by atoms with van der Waals surface area (Å²) < 4.78 is 6.12. The van der Waals surface area contributed by atoms with Gasteiger partial charge in [0.05, 0.1) is 11.2 Å². The number of aromatic nitrogens is 2. The number of carbonyl (C=O) groups excluding carboxylic acids is 1. The molecule has 0 aliphatic heterocycles. The molecule has 0 fully saturated rings. The average Bonchev–Trinajstić information content (AvgIpc) is 2.45. The van der Waals surface area contributed by atoms with Crippen LogP contribution >= 0.6 is 15.9 Å². The molecule has 0 aliphatic rings. The van der Waals surface area contributed by atoms with E-state index in [1.165, 1.54) is 0 Å². The van der Waals surface area contributed by atoms with Gasteiger partial charge < -0.3 is 15.4 Å². The number of benzene rings is 1. The summed E-state index contributed by atoms with van der Waals surface area (Å²) in [7, 11) is 0. The van der Waals surface area contributed by atoms with Crippen LogP contribution < -0.4 is 10.6 Å². The number of amides is 1. The Morgan fingerprint density at radius 3 is 2.71 bits per heavy atom. The Bertz CT molecular complexity index is 743. The van der Waals surface area contributed by atoms with E-state index in [4.69, 9.17) is 4.74 Å². The van der Waals surface area contributed by atoms with Crippen molar-refractivity contribution in [1.82, 2.24) is 15.3 Å². The van der Waals surface area contributed by atoms with Gasteiger partial charge in [-0.25, -0.2) is 14.8 Å². The minimum atomic E-state index is -0.507. The molecule has 0 aliphatic carbocycles. The molecular weight excluding hydrogens is 372 g/mol. The first-order chi connectivity index (χ1) is 11.2. The summed E-state index contributed by atoms with van der Waals surface area (Å²) in [5.41, 5.74) is 1.95. The fourth-order valence-electron chi connectivity index (χ4n) is 2.10. The predicted octanol–water partition coefficient (Wildman–Crippen LogP) is 4.03. The molecule has 0 saturated heterocycles. The fraction of sp³-hybridized carbons (Fsp3) is 0.471. The van der Waals surface area contributed by atoms with Gasteiger partial charge in [-0.3, -0.25) is 0 Å². The molecule has 0 bridgehead atoms. The van der Waals surface area contributed by atoms with Crippen molar-refractivity contribution in [1.29, 1.82) is 0 Å². The van der Waals surface area contributed by atoms with E-state index in [1.807, 2.05) is 52.8 Å². The first-order valence-electron chi connectivity index (χ1n) is 7.82. The molecule has 1 atom stereocenters. The molecular formula is C17H23BrN4O2. The second kappa shape index (κ2) is 7.34. The first kappa shape index (κ1) is 18.4. The van der Waals surface area contributed by atoms with E-state index in [-0.39, 0.29) is 6.04 Å². The van der Waals surface area contributed by atoms with Gasteiger partial charge in [-0.05, 0) is 62.7 Å². The van der Waals surface area contributed by atoms with Gasteiger partial charge in [0.15, 0.2) is 0 Å². The zero-order valence-electron chi connectivity index (χ0n) is 14.6. The Morgan fingerprint density at radius 1 is 1.33 bits per heavy atom. The Morgan fingerprint density at radius 2 is 2.04 bits per heavy atom. The number of nitrogens with one attached hydrogen (secondary N) is 2. The van der Waals surface area contributed by atoms with Crippen molar-refractivity contribution in [2.24, 2.45) is 0 Å². The quantitative estimate of drug-likeness (QED) is 0.818. The van der Waals surface area contributed by atoms with Crippen LogP contribution in [0.4, 0.5) is 10.6 Å². The molecule has 1 heterocycles. The van der Waals surface area contributed by atoms with Crippen LogP contribution in [-0.4, -0.2) is 34.2 Å². The van der Waals surface area contributed by atoms with Gasteiger partial charge >= 0.3 is 6.09 Å². The Hall–Kier alpha value is -1.89. The number of rotatable bonds is 4. The van der Waals surface area contributed by atoms with E-state index in [9.17, 15) is 4.79 Å². The van der Waals surface area contributed by atoms with Crippen LogP contribution in [0, 0.1) is 6.92 Å². The van der Waals surface area contributed by atoms with Crippen molar-refractivity contribution in [2.45, 2.75) is 46.3 Å². The minimum absolute atomic E-state index is 0.0227. The van der Waals surface area contributed by atoms with Crippen LogP contribution in [-0.2, 0) is 4.74 Å². The van der Waals surface area contributed by atoms with Crippen LogP contribution in [0.3, 0.4) is 0 Å². The van der Waals surface area contributed by atoms with E-state index in [2.05, 4.69) is 36.5 Å². The number of alkyl carbamates (subject to hydrolysis) is 1. The third-order valence-electron chi connectivity index (χ3n) is 3.15. The summed E-state index contributed by atoms with van der Waals surface area (Å²) in [6.45, 7) is 9.79. The molecule has 1 aromatic carbocycles. The summed E-state index contributed by atoms with van der Waals surface area (Å²) >= 11 is 3.50. The second-order valence-electron chi connectivity index (χ2n) is 6.69. The molecule has 2 N–H and O–H groups in total. The molecule has 1 amide bonds. The second-order valence-corrected chi connectivity index (χ2v) is 7.55. The van der Waals surface area contributed by atoms with Crippen LogP contribution in [0.2, 0.25) is 0 Å². The molecule has 6 nitrogen and oxygen atoms in total. The number of anilines is 1. The topological polar surface area (TPSA) is 76.1 Å². The molecule has 0 saturated carbocycles. The Balaban J connectivity index is 2.02. The van der Waals surface area contributed by atoms with Crippen molar-refractivity contribution in [3.63, 3.8) is 0 Å². The molecule has 1 aromatic heterocycles. The molecule has 0 radical (unpaired) electrons. The maximum atomic E-state index is 11.7. The lowest BCUT2D eigenvalue weighted by Crippen LogP contribution is -2.38. The number of hydrogen-bond donors (Lipinski definition) is 2. The largest absolute Gasteiger partial charge is 0.444 e. The van der Waals surface area contributed by atoms with E-state index in [0.717, 1.165) is 21.2 Å². The molecule has 7 heteroatoms. The standard InChI is InChI=1S/C17H23BrN4O2/c1-10(9-19-16(23)24-17(3,4)5)20-15-11(2)21-13-8-6-7-12(18)14(13)22-15/h6-8,10H,9H2,1-5H3,(H,19,23)(H,20,22)/t10-/m1/s1. The van der Waals surface area contributed by atoms with Crippen molar-refractivity contribution in [3.05, 3.63) is 28.4 Å². The van der Waals surface area contributed by atoms with Gasteiger partial charge in [0.2, 0.25) is 0 Å². The lowest BCUT2D eigenvalue weighted by atomic mass is 10.2. The van der Waals surface area contributed by atoms with Gasteiger partial charge in [0.1, 0.15) is 16.9 Å². The number of para-hydroxylation sites is 1. The number of aryl methyl sites for hydroxylation is 1. The fourth-order valence-corrected chi connectivity index (χ4v) is 2.55. The third-order valence-corrected chi connectivity index (χ3v) is 3.79. The zero-order valence-corrected chi connectivity index (χ0v) is 16.2. The van der Waals surface area contributed by atoms with Gasteiger partial charge in [-0.2, -0.15) is 0 Å². The number of nitrogens with zero attached hydrogens (tertiary/aromatic N) is 2. The Labute approximate surface area is 150 Å². The lowest BCUT2D eigenvalue weighted by molar-refractivity contribution is 0.0526. The molecule has 0 spiro atoms. The van der Waals surface area contributed by atoms with Crippen LogP contribution in [0.5, 0.6) is 0 Å².